The highest BCUT2D eigenvalue weighted by Crippen LogP contribution is 2.30. The summed E-state index contributed by atoms with van der Waals surface area (Å²) in [5, 5.41) is 0.519. The zero-order valence-electron chi connectivity index (χ0n) is 15.3. The molecule has 0 aliphatic rings. The molecule has 0 saturated heterocycles. The lowest BCUT2D eigenvalue weighted by Crippen LogP contribution is -2.11. The van der Waals surface area contributed by atoms with E-state index in [2.05, 4.69) is 56.5 Å². The molecule has 0 aromatic carbocycles. The van der Waals surface area contributed by atoms with Gasteiger partial charge in [-0.2, -0.15) is 0 Å². The smallest absolute Gasteiger partial charge is 0.245 e. The second-order valence-corrected chi connectivity index (χ2v) is 8.57. The van der Waals surface area contributed by atoms with Crippen molar-refractivity contribution in [2.45, 2.75) is 52.4 Å². The van der Waals surface area contributed by atoms with Crippen molar-refractivity contribution >= 4 is 11.6 Å². The second-order valence-electron chi connectivity index (χ2n) is 8.13. The maximum Gasteiger partial charge on any atom is 0.245 e. The molecule has 0 radical (unpaired) electrons. The number of aromatic nitrogens is 3. The molecule has 5 nitrogen and oxygen atoms in total. The van der Waals surface area contributed by atoms with Gasteiger partial charge in [0.2, 0.25) is 11.8 Å². The van der Waals surface area contributed by atoms with E-state index in [-0.39, 0.29) is 10.8 Å². The van der Waals surface area contributed by atoms with E-state index in [4.69, 9.17) is 20.4 Å². The fraction of sp³-hybridized carbons (Fsp3) is 0.421. The summed E-state index contributed by atoms with van der Waals surface area (Å²) < 4.78 is 11.2. The van der Waals surface area contributed by atoms with Crippen LogP contribution in [0.3, 0.4) is 0 Å². The molecule has 0 amide bonds. The van der Waals surface area contributed by atoms with Crippen molar-refractivity contribution in [3.05, 3.63) is 41.1 Å². The van der Waals surface area contributed by atoms with E-state index in [9.17, 15) is 0 Å². The minimum absolute atomic E-state index is 0.104. The molecule has 25 heavy (non-hydrogen) atoms. The van der Waals surface area contributed by atoms with Crippen molar-refractivity contribution < 1.29 is 8.83 Å². The minimum atomic E-state index is -0.104. The Bertz CT molecular complexity index is 828. The summed E-state index contributed by atoms with van der Waals surface area (Å²) in [5.74, 6) is 0.854. The van der Waals surface area contributed by atoms with Crippen LogP contribution in [-0.2, 0) is 10.8 Å². The molecule has 0 bridgehead atoms. The first-order chi connectivity index (χ1) is 11.5. The van der Waals surface area contributed by atoms with Crippen molar-refractivity contribution in [3.8, 4) is 23.2 Å². The Morgan fingerprint density at radius 3 is 1.44 bits per heavy atom. The second kappa shape index (κ2) is 5.99. The Morgan fingerprint density at radius 1 is 0.720 bits per heavy atom. The third kappa shape index (κ3) is 3.76. The van der Waals surface area contributed by atoms with Crippen LogP contribution in [0.1, 0.15) is 52.9 Å². The van der Waals surface area contributed by atoms with Gasteiger partial charge in [0.05, 0.1) is 11.4 Å². The van der Waals surface area contributed by atoms with E-state index in [0.29, 0.717) is 28.2 Å². The van der Waals surface area contributed by atoms with Crippen LogP contribution in [0.15, 0.2) is 33.5 Å². The lowest BCUT2D eigenvalue weighted by molar-refractivity contribution is 0.542. The fourth-order valence-electron chi connectivity index (χ4n) is 2.19. The summed E-state index contributed by atoms with van der Waals surface area (Å²) >= 11 is 6.26. The average Bonchev–Trinajstić information content (AvgIpc) is 3.15. The van der Waals surface area contributed by atoms with Gasteiger partial charge in [0.25, 0.3) is 0 Å². The molecule has 132 valence electrons. The number of rotatable bonds is 2. The summed E-state index contributed by atoms with van der Waals surface area (Å²) in [7, 11) is 0. The molecule has 0 aliphatic carbocycles. The van der Waals surface area contributed by atoms with Gasteiger partial charge in [-0.15, -0.1) is 0 Å². The molecule has 3 aromatic rings. The number of hydrogen-bond donors (Lipinski definition) is 0. The van der Waals surface area contributed by atoms with E-state index in [1.165, 1.54) is 0 Å². The Kier molecular flexibility index (Phi) is 4.23. The lowest BCUT2D eigenvalue weighted by Gasteiger charge is -2.13. The number of oxazole rings is 2. The van der Waals surface area contributed by atoms with Crippen LogP contribution in [0.4, 0.5) is 0 Å². The first kappa shape index (κ1) is 17.7. The predicted octanol–water partition coefficient (Wildman–Crippen LogP) is 5.64. The van der Waals surface area contributed by atoms with Crippen LogP contribution in [0, 0.1) is 0 Å². The zero-order chi connectivity index (χ0) is 18.4. The average molecular weight is 360 g/mol. The topological polar surface area (TPSA) is 65.0 Å². The normalized spacial score (nSPS) is 12.6. The SMILES string of the molecule is CC(C)(C)c1coc(-c2cc(Cl)cc(-c3nc(C(C)(C)C)co3)n2)n1. The van der Waals surface area contributed by atoms with Gasteiger partial charge >= 0.3 is 0 Å². The molecule has 0 aliphatic heterocycles. The van der Waals surface area contributed by atoms with Crippen LogP contribution < -0.4 is 0 Å². The first-order valence-electron chi connectivity index (χ1n) is 8.14. The van der Waals surface area contributed by atoms with E-state index in [1.54, 1.807) is 24.7 Å². The van der Waals surface area contributed by atoms with Gasteiger partial charge in [0.1, 0.15) is 23.9 Å². The van der Waals surface area contributed by atoms with Crippen molar-refractivity contribution in [1.82, 2.24) is 15.0 Å². The Morgan fingerprint density at radius 2 is 1.12 bits per heavy atom. The van der Waals surface area contributed by atoms with Gasteiger partial charge in [-0.3, -0.25) is 0 Å². The fourth-order valence-corrected chi connectivity index (χ4v) is 2.39. The molecule has 0 atom stereocenters. The van der Waals surface area contributed by atoms with Crippen molar-refractivity contribution in [1.29, 1.82) is 0 Å². The molecule has 0 unspecified atom stereocenters. The highest BCUT2D eigenvalue weighted by Gasteiger charge is 2.22. The zero-order valence-corrected chi connectivity index (χ0v) is 16.1. The molecule has 0 N–H and O–H groups in total. The van der Waals surface area contributed by atoms with Crippen LogP contribution in [0.5, 0.6) is 0 Å². The molecule has 0 saturated carbocycles. The summed E-state index contributed by atoms with van der Waals surface area (Å²) in [5.41, 5.74) is 2.61. The Hall–Kier alpha value is -2.14. The molecule has 3 heterocycles. The van der Waals surface area contributed by atoms with Crippen molar-refractivity contribution in [2.75, 3.05) is 0 Å². The number of halogens is 1. The molecule has 6 heteroatoms. The van der Waals surface area contributed by atoms with Crippen LogP contribution in [0.2, 0.25) is 5.02 Å². The summed E-state index contributed by atoms with van der Waals surface area (Å²) in [6.07, 6.45) is 3.31. The van der Waals surface area contributed by atoms with E-state index in [0.717, 1.165) is 11.4 Å². The molecular weight excluding hydrogens is 338 g/mol. The van der Waals surface area contributed by atoms with Crippen molar-refractivity contribution in [2.24, 2.45) is 0 Å². The van der Waals surface area contributed by atoms with Gasteiger partial charge in [-0.05, 0) is 12.1 Å². The van der Waals surface area contributed by atoms with Crippen LogP contribution in [-0.4, -0.2) is 15.0 Å². The maximum atomic E-state index is 6.26. The first-order valence-corrected chi connectivity index (χ1v) is 8.52. The highest BCUT2D eigenvalue weighted by molar-refractivity contribution is 6.31. The number of nitrogens with zero attached hydrogens (tertiary/aromatic N) is 3. The summed E-state index contributed by atoms with van der Waals surface area (Å²) in [4.78, 5) is 13.6. The third-order valence-corrected chi connectivity index (χ3v) is 3.99. The van der Waals surface area contributed by atoms with Gasteiger partial charge in [-0.25, -0.2) is 15.0 Å². The van der Waals surface area contributed by atoms with Gasteiger partial charge in [-0.1, -0.05) is 53.1 Å². The molecule has 3 rings (SSSR count). The van der Waals surface area contributed by atoms with Gasteiger partial charge in [0.15, 0.2) is 0 Å². The minimum Gasteiger partial charge on any atom is -0.443 e. The number of pyridine rings is 1. The maximum absolute atomic E-state index is 6.26. The molecule has 3 aromatic heterocycles. The van der Waals surface area contributed by atoms with Crippen LogP contribution >= 0.6 is 11.6 Å². The Labute approximate surface area is 152 Å². The number of hydrogen-bond acceptors (Lipinski definition) is 5. The molecular formula is C19H22ClN3O2. The lowest BCUT2D eigenvalue weighted by atomic mass is 9.93. The quantitative estimate of drug-likeness (QED) is 0.592. The Balaban J connectivity index is 2.01. The summed E-state index contributed by atoms with van der Waals surface area (Å²) in [6.45, 7) is 12.5. The predicted molar refractivity (Wildman–Crippen MR) is 97.6 cm³/mol. The van der Waals surface area contributed by atoms with Gasteiger partial charge in [0, 0.05) is 15.9 Å². The van der Waals surface area contributed by atoms with E-state index < -0.39 is 0 Å². The van der Waals surface area contributed by atoms with Gasteiger partial charge < -0.3 is 8.83 Å². The van der Waals surface area contributed by atoms with Crippen molar-refractivity contribution in [3.63, 3.8) is 0 Å². The van der Waals surface area contributed by atoms with E-state index >= 15 is 0 Å². The standard InChI is InChI=1S/C19H22ClN3O2/c1-18(2,3)14-9-24-16(22-14)12-7-11(20)8-13(21-12)17-23-15(10-25-17)19(4,5)6/h7-10H,1-6H3. The monoisotopic (exact) mass is 359 g/mol. The molecule has 0 fully saturated rings. The third-order valence-electron chi connectivity index (χ3n) is 3.77. The highest BCUT2D eigenvalue weighted by atomic mass is 35.5. The summed E-state index contributed by atoms with van der Waals surface area (Å²) in [6, 6.07) is 3.44. The van der Waals surface area contributed by atoms with E-state index in [1.807, 2.05) is 0 Å². The van der Waals surface area contributed by atoms with Crippen LogP contribution in [0.25, 0.3) is 23.2 Å². The molecule has 0 spiro atoms. The largest absolute Gasteiger partial charge is 0.443 e.